The summed E-state index contributed by atoms with van der Waals surface area (Å²) in [5.74, 6) is 0. The average Bonchev–Trinajstić information content (AvgIpc) is 2.59. The van der Waals surface area contributed by atoms with E-state index in [-0.39, 0.29) is 17.9 Å². The molecule has 4 unspecified atom stereocenters. The van der Waals surface area contributed by atoms with E-state index in [1.54, 1.807) is 11.8 Å². The van der Waals surface area contributed by atoms with Gasteiger partial charge >= 0.3 is 0 Å². The molecule has 1 aliphatic rings. The van der Waals surface area contributed by atoms with Gasteiger partial charge in [0, 0.05) is 23.1 Å². The van der Waals surface area contributed by atoms with E-state index in [0.717, 1.165) is 19.4 Å². The predicted molar refractivity (Wildman–Crippen MR) is 60.6 cm³/mol. The fraction of sp³-hybridized carbons (Fsp3) is 1.00. The van der Waals surface area contributed by atoms with Crippen LogP contribution < -0.4 is 5.73 Å². The molecule has 3 N–H and O–H groups in total. The van der Waals surface area contributed by atoms with E-state index in [4.69, 9.17) is 10.5 Å². The van der Waals surface area contributed by atoms with E-state index in [1.807, 2.05) is 0 Å². The summed E-state index contributed by atoms with van der Waals surface area (Å²) in [4.78, 5) is 0. The van der Waals surface area contributed by atoms with E-state index in [9.17, 15) is 5.11 Å². The van der Waals surface area contributed by atoms with Crippen LogP contribution >= 0.6 is 11.8 Å². The van der Waals surface area contributed by atoms with Gasteiger partial charge in [-0.25, -0.2) is 0 Å². The van der Waals surface area contributed by atoms with Crippen molar-refractivity contribution >= 4 is 11.8 Å². The van der Waals surface area contributed by atoms with Crippen molar-refractivity contribution in [3.8, 4) is 0 Å². The van der Waals surface area contributed by atoms with Crippen molar-refractivity contribution in [2.24, 2.45) is 5.73 Å². The zero-order valence-electron chi connectivity index (χ0n) is 8.98. The van der Waals surface area contributed by atoms with Crippen LogP contribution in [0.2, 0.25) is 0 Å². The van der Waals surface area contributed by atoms with Crippen LogP contribution in [0, 0.1) is 0 Å². The quantitative estimate of drug-likeness (QED) is 0.724. The largest absolute Gasteiger partial charge is 0.395 e. The number of ether oxygens (including phenoxy) is 1. The first-order valence-corrected chi connectivity index (χ1v) is 6.26. The zero-order chi connectivity index (χ0) is 10.6. The fourth-order valence-electron chi connectivity index (χ4n) is 1.66. The van der Waals surface area contributed by atoms with Gasteiger partial charge in [-0.3, -0.25) is 0 Å². The standard InChI is InChI=1S/C10H21NO2S/c1-3-8(11)10(6-12)14-9-4-5-13-7(9)2/h7-10,12H,3-6,11H2,1-2H3. The summed E-state index contributed by atoms with van der Waals surface area (Å²) < 4.78 is 5.48. The van der Waals surface area contributed by atoms with Crippen molar-refractivity contribution in [2.45, 2.75) is 49.3 Å². The second-order valence-electron chi connectivity index (χ2n) is 3.83. The molecule has 84 valence electrons. The summed E-state index contributed by atoms with van der Waals surface area (Å²) in [6, 6.07) is 0.0952. The molecule has 0 aliphatic carbocycles. The molecule has 0 aromatic rings. The highest BCUT2D eigenvalue weighted by Crippen LogP contribution is 2.30. The number of rotatable bonds is 5. The highest BCUT2D eigenvalue weighted by atomic mass is 32.2. The topological polar surface area (TPSA) is 55.5 Å². The molecule has 14 heavy (non-hydrogen) atoms. The Hall–Kier alpha value is 0.230. The second kappa shape index (κ2) is 5.95. The summed E-state index contributed by atoms with van der Waals surface area (Å²) in [5, 5.41) is 9.90. The fourth-order valence-corrected chi connectivity index (χ4v) is 3.12. The Kier molecular flexibility index (Phi) is 5.23. The minimum absolute atomic E-state index is 0.0952. The Balaban J connectivity index is 2.39. The van der Waals surface area contributed by atoms with Gasteiger partial charge in [-0.05, 0) is 19.8 Å². The van der Waals surface area contributed by atoms with Gasteiger partial charge in [0.2, 0.25) is 0 Å². The molecule has 0 amide bonds. The normalized spacial score (nSPS) is 31.7. The van der Waals surface area contributed by atoms with Crippen LogP contribution in [-0.2, 0) is 4.74 Å². The molecule has 1 heterocycles. The van der Waals surface area contributed by atoms with Crippen LogP contribution in [-0.4, -0.2) is 41.0 Å². The van der Waals surface area contributed by atoms with Crippen LogP contribution in [0.25, 0.3) is 0 Å². The lowest BCUT2D eigenvalue weighted by atomic mass is 10.2. The molecule has 0 spiro atoms. The van der Waals surface area contributed by atoms with Gasteiger partial charge in [0.25, 0.3) is 0 Å². The van der Waals surface area contributed by atoms with Crippen molar-refractivity contribution in [2.75, 3.05) is 13.2 Å². The maximum absolute atomic E-state index is 9.23. The Morgan fingerprint density at radius 1 is 1.64 bits per heavy atom. The molecular weight excluding hydrogens is 198 g/mol. The average molecular weight is 219 g/mol. The molecule has 0 saturated carbocycles. The zero-order valence-corrected chi connectivity index (χ0v) is 9.80. The third-order valence-electron chi connectivity index (χ3n) is 2.79. The minimum Gasteiger partial charge on any atom is -0.395 e. The van der Waals surface area contributed by atoms with Crippen molar-refractivity contribution in [1.82, 2.24) is 0 Å². The molecule has 1 fully saturated rings. The van der Waals surface area contributed by atoms with Crippen molar-refractivity contribution < 1.29 is 9.84 Å². The highest BCUT2D eigenvalue weighted by molar-refractivity contribution is 8.00. The molecule has 0 radical (unpaired) electrons. The number of nitrogens with two attached hydrogens (primary N) is 1. The van der Waals surface area contributed by atoms with E-state index >= 15 is 0 Å². The van der Waals surface area contributed by atoms with Crippen LogP contribution in [0.15, 0.2) is 0 Å². The number of aliphatic hydroxyl groups excluding tert-OH is 1. The first-order chi connectivity index (χ1) is 6.69. The molecule has 1 aliphatic heterocycles. The maximum atomic E-state index is 9.23. The van der Waals surface area contributed by atoms with E-state index in [1.165, 1.54) is 0 Å². The van der Waals surface area contributed by atoms with Crippen molar-refractivity contribution in [1.29, 1.82) is 0 Å². The van der Waals surface area contributed by atoms with Gasteiger partial charge < -0.3 is 15.6 Å². The molecule has 1 saturated heterocycles. The lowest BCUT2D eigenvalue weighted by Gasteiger charge is -2.24. The second-order valence-corrected chi connectivity index (χ2v) is 5.32. The van der Waals surface area contributed by atoms with Gasteiger partial charge in [0.05, 0.1) is 12.7 Å². The van der Waals surface area contributed by atoms with Crippen LogP contribution in [0.1, 0.15) is 26.7 Å². The van der Waals surface area contributed by atoms with E-state index in [2.05, 4.69) is 13.8 Å². The maximum Gasteiger partial charge on any atom is 0.0666 e. The Morgan fingerprint density at radius 3 is 2.79 bits per heavy atom. The summed E-state index contributed by atoms with van der Waals surface area (Å²) >= 11 is 1.79. The molecule has 0 bridgehead atoms. The lowest BCUT2D eigenvalue weighted by molar-refractivity contribution is 0.127. The molecule has 3 nitrogen and oxygen atoms in total. The Morgan fingerprint density at radius 2 is 2.36 bits per heavy atom. The minimum atomic E-state index is 0.0952. The van der Waals surface area contributed by atoms with Gasteiger partial charge in [0.15, 0.2) is 0 Å². The lowest BCUT2D eigenvalue weighted by Crippen LogP contribution is -2.36. The van der Waals surface area contributed by atoms with Gasteiger partial charge in [-0.2, -0.15) is 0 Å². The van der Waals surface area contributed by atoms with E-state index in [0.29, 0.717) is 11.4 Å². The highest BCUT2D eigenvalue weighted by Gasteiger charge is 2.29. The number of hydrogen-bond acceptors (Lipinski definition) is 4. The third kappa shape index (κ3) is 3.12. The summed E-state index contributed by atoms with van der Waals surface area (Å²) in [7, 11) is 0. The van der Waals surface area contributed by atoms with Crippen molar-refractivity contribution in [3.63, 3.8) is 0 Å². The monoisotopic (exact) mass is 219 g/mol. The van der Waals surface area contributed by atoms with Crippen LogP contribution in [0.3, 0.4) is 0 Å². The van der Waals surface area contributed by atoms with Crippen LogP contribution in [0.5, 0.6) is 0 Å². The summed E-state index contributed by atoms with van der Waals surface area (Å²) in [6.07, 6.45) is 2.30. The smallest absolute Gasteiger partial charge is 0.0666 e. The van der Waals surface area contributed by atoms with Gasteiger partial charge in [-0.1, -0.05) is 6.92 Å². The first-order valence-electron chi connectivity index (χ1n) is 5.32. The van der Waals surface area contributed by atoms with Gasteiger partial charge in [-0.15, -0.1) is 11.8 Å². The van der Waals surface area contributed by atoms with Crippen molar-refractivity contribution in [3.05, 3.63) is 0 Å². The van der Waals surface area contributed by atoms with E-state index < -0.39 is 0 Å². The third-order valence-corrected chi connectivity index (χ3v) is 4.60. The molecule has 4 atom stereocenters. The number of hydrogen-bond donors (Lipinski definition) is 2. The number of aliphatic hydroxyl groups is 1. The Bertz CT molecular complexity index is 168. The molecular formula is C10H21NO2S. The Labute approximate surface area is 90.4 Å². The summed E-state index contributed by atoms with van der Waals surface area (Å²) in [5.41, 5.74) is 5.93. The van der Waals surface area contributed by atoms with Gasteiger partial charge in [0.1, 0.15) is 0 Å². The first kappa shape index (κ1) is 12.3. The molecule has 1 rings (SSSR count). The summed E-state index contributed by atoms with van der Waals surface area (Å²) in [6.45, 7) is 5.17. The predicted octanol–water partition coefficient (Wildman–Crippen LogP) is 0.995. The number of thioether (sulfide) groups is 1. The SMILES string of the molecule is CCC(N)C(CO)SC1CCOC1C. The van der Waals surface area contributed by atoms with Crippen LogP contribution in [0.4, 0.5) is 0 Å². The molecule has 0 aromatic heterocycles. The molecule has 4 heteroatoms. The molecule has 0 aromatic carbocycles.